The first-order valence-corrected chi connectivity index (χ1v) is 5.12. The monoisotopic (exact) mass is 230 g/mol. The maximum Gasteiger partial charge on any atom is 0.453 e. The smallest absolute Gasteiger partial charge is 0.196 e. The first-order valence-electron chi connectivity index (χ1n) is 5.12. The van der Waals surface area contributed by atoms with Gasteiger partial charge in [-0.3, -0.25) is 0 Å². The normalized spacial score (nSPS) is 34.2. The van der Waals surface area contributed by atoms with Gasteiger partial charge in [-0.05, 0) is 11.8 Å². The highest BCUT2D eigenvalue weighted by Crippen LogP contribution is 2.50. The summed E-state index contributed by atoms with van der Waals surface area (Å²) >= 11 is 0. The maximum atomic E-state index is 13.2. The predicted molar refractivity (Wildman–Crippen MR) is 46.7 cm³/mol. The molecule has 1 aliphatic carbocycles. The van der Waals surface area contributed by atoms with Gasteiger partial charge in [-0.25, -0.2) is 0 Å². The van der Waals surface area contributed by atoms with Crippen LogP contribution in [0, 0.1) is 17.8 Å². The Morgan fingerprint density at radius 3 is 1.60 bits per heavy atom. The van der Waals surface area contributed by atoms with Crippen molar-refractivity contribution in [3.63, 3.8) is 0 Å². The molecule has 90 valence electrons. The minimum Gasteiger partial charge on any atom is -0.196 e. The molecule has 2 unspecified atom stereocenters. The highest BCUT2D eigenvalue weighted by molar-refractivity contribution is 4.92. The van der Waals surface area contributed by atoms with Gasteiger partial charge >= 0.3 is 12.1 Å². The summed E-state index contributed by atoms with van der Waals surface area (Å²) in [5, 5.41) is 0. The molecule has 0 nitrogen and oxygen atoms in total. The molecule has 0 spiro atoms. The van der Waals surface area contributed by atoms with E-state index >= 15 is 0 Å². The van der Waals surface area contributed by atoms with Crippen LogP contribution >= 0.6 is 0 Å². The van der Waals surface area contributed by atoms with E-state index in [4.69, 9.17) is 0 Å². The van der Waals surface area contributed by atoms with Crippen molar-refractivity contribution >= 4 is 0 Å². The van der Waals surface area contributed by atoms with Gasteiger partial charge in [-0.1, -0.05) is 33.1 Å². The summed E-state index contributed by atoms with van der Waals surface area (Å²) < 4.78 is 63.0. The van der Waals surface area contributed by atoms with Crippen LogP contribution in [-0.2, 0) is 0 Å². The third kappa shape index (κ3) is 2.26. The number of hydrogen-bond acceptors (Lipinski definition) is 0. The van der Waals surface area contributed by atoms with Crippen molar-refractivity contribution in [1.82, 2.24) is 0 Å². The maximum absolute atomic E-state index is 13.2. The van der Waals surface area contributed by atoms with Crippen LogP contribution in [0.1, 0.15) is 33.1 Å². The molecule has 0 aromatic carbocycles. The SMILES string of the molecule is CC1CCCC(C)C1C(F)(F)C(F)(F)F. The Balaban J connectivity index is 2.92. The molecule has 2 atom stereocenters. The summed E-state index contributed by atoms with van der Waals surface area (Å²) in [7, 11) is 0. The Morgan fingerprint density at radius 1 is 0.867 bits per heavy atom. The molecule has 1 fully saturated rings. The van der Waals surface area contributed by atoms with Crippen LogP contribution in [0.4, 0.5) is 22.0 Å². The summed E-state index contributed by atoms with van der Waals surface area (Å²) in [5.74, 6) is -7.24. The van der Waals surface area contributed by atoms with E-state index < -0.39 is 29.9 Å². The Morgan fingerprint density at radius 2 is 1.27 bits per heavy atom. The summed E-state index contributed by atoms with van der Waals surface area (Å²) in [6.07, 6.45) is -3.76. The van der Waals surface area contributed by atoms with Crippen molar-refractivity contribution in [1.29, 1.82) is 0 Å². The van der Waals surface area contributed by atoms with Crippen molar-refractivity contribution in [2.75, 3.05) is 0 Å². The summed E-state index contributed by atoms with van der Waals surface area (Å²) in [5.41, 5.74) is 0. The Kier molecular flexibility index (Phi) is 3.31. The van der Waals surface area contributed by atoms with E-state index in [1.807, 2.05) is 0 Å². The molecule has 1 saturated carbocycles. The third-order valence-electron chi connectivity index (χ3n) is 3.34. The lowest BCUT2D eigenvalue weighted by atomic mass is 9.70. The molecule has 1 rings (SSSR count). The van der Waals surface area contributed by atoms with Crippen LogP contribution in [0.15, 0.2) is 0 Å². The minimum absolute atomic E-state index is 0.459. The molecule has 0 amide bonds. The molecule has 0 saturated heterocycles. The Labute approximate surface area is 85.8 Å². The molecule has 15 heavy (non-hydrogen) atoms. The van der Waals surface area contributed by atoms with Gasteiger partial charge < -0.3 is 0 Å². The second-order valence-electron chi connectivity index (χ2n) is 4.53. The van der Waals surface area contributed by atoms with Crippen molar-refractivity contribution in [2.24, 2.45) is 17.8 Å². The molecule has 0 N–H and O–H groups in total. The zero-order valence-corrected chi connectivity index (χ0v) is 8.74. The summed E-state index contributed by atoms with van der Waals surface area (Å²) in [6, 6.07) is 0. The predicted octanol–water partition coefficient (Wildman–Crippen LogP) is 4.26. The molecule has 0 aromatic heterocycles. The van der Waals surface area contributed by atoms with E-state index in [-0.39, 0.29) is 0 Å². The zero-order valence-electron chi connectivity index (χ0n) is 8.74. The van der Waals surface area contributed by atoms with Gasteiger partial charge in [-0.2, -0.15) is 22.0 Å². The van der Waals surface area contributed by atoms with Gasteiger partial charge in [0.15, 0.2) is 0 Å². The number of rotatable bonds is 1. The quantitative estimate of drug-likeness (QED) is 0.590. The lowest BCUT2D eigenvalue weighted by Crippen LogP contribution is -2.49. The fourth-order valence-corrected chi connectivity index (χ4v) is 2.59. The molecule has 0 radical (unpaired) electrons. The standard InChI is InChI=1S/C10H15F5/c1-6-4-3-5-7(2)8(6)9(11,12)10(13,14)15/h6-8H,3-5H2,1-2H3. The fourth-order valence-electron chi connectivity index (χ4n) is 2.59. The molecule has 0 aliphatic heterocycles. The van der Waals surface area contributed by atoms with Gasteiger partial charge in [0.2, 0.25) is 0 Å². The first-order chi connectivity index (χ1) is 6.68. The van der Waals surface area contributed by atoms with Crippen LogP contribution < -0.4 is 0 Å². The lowest BCUT2D eigenvalue weighted by molar-refractivity contribution is -0.316. The topological polar surface area (TPSA) is 0 Å². The van der Waals surface area contributed by atoms with E-state index in [0.717, 1.165) is 6.42 Å². The van der Waals surface area contributed by atoms with Gasteiger partial charge in [0.25, 0.3) is 0 Å². The molecular weight excluding hydrogens is 215 g/mol. The van der Waals surface area contributed by atoms with E-state index in [9.17, 15) is 22.0 Å². The number of alkyl halides is 5. The van der Waals surface area contributed by atoms with Crippen molar-refractivity contribution in [3.8, 4) is 0 Å². The molecule has 0 heterocycles. The zero-order chi connectivity index (χ0) is 11.9. The van der Waals surface area contributed by atoms with Crippen LogP contribution in [0.25, 0.3) is 0 Å². The molecule has 0 bridgehead atoms. The van der Waals surface area contributed by atoms with Crippen LogP contribution in [0.2, 0.25) is 0 Å². The second kappa shape index (κ2) is 3.91. The van der Waals surface area contributed by atoms with Gasteiger partial charge in [-0.15, -0.1) is 0 Å². The molecule has 5 heteroatoms. The Bertz CT molecular complexity index is 210. The minimum atomic E-state index is -5.42. The fraction of sp³-hybridized carbons (Fsp3) is 1.00. The molecular formula is C10H15F5. The lowest BCUT2D eigenvalue weighted by Gasteiger charge is -2.40. The van der Waals surface area contributed by atoms with E-state index in [1.54, 1.807) is 0 Å². The summed E-state index contributed by atoms with van der Waals surface area (Å²) in [6.45, 7) is 2.97. The molecule has 1 aliphatic rings. The van der Waals surface area contributed by atoms with Crippen molar-refractivity contribution < 1.29 is 22.0 Å². The van der Waals surface area contributed by atoms with E-state index in [1.165, 1.54) is 13.8 Å². The second-order valence-corrected chi connectivity index (χ2v) is 4.53. The highest BCUT2D eigenvalue weighted by atomic mass is 19.4. The van der Waals surface area contributed by atoms with Crippen molar-refractivity contribution in [2.45, 2.75) is 45.2 Å². The number of halogens is 5. The van der Waals surface area contributed by atoms with E-state index in [0.29, 0.717) is 12.8 Å². The first kappa shape index (κ1) is 12.7. The van der Waals surface area contributed by atoms with Gasteiger partial charge in [0.05, 0.1) is 0 Å². The average Bonchev–Trinajstić information content (AvgIpc) is 2.00. The summed E-state index contributed by atoms with van der Waals surface area (Å²) in [4.78, 5) is 0. The van der Waals surface area contributed by atoms with Crippen LogP contribution in [-0.4, -0.2) is 12.1 Å². The van der Waals surface area contributed by atoms with Crippen LogP contribution in [0.5, 0.6) is 0 Å². The Hall–Kier alpha value is -0.350. The van der Waals surface area contributed by atoms with Gasteiger partial charge in [0, 0.05) is 5.92 Å². The van der Waals surface area contributed by atoms with E-state index in [2.05, 4.69) is 0 Å². The highest BCUT2D eigenvalue weighted by Gasteiger charge is 2.64. The average molecular weight is 230 g/mol. The van der Waals surface area contributed by atoms with Gasteiger partial charge in [0.1, 0.15) is 0 Å². The van der Waals surface area contributed by atoms with Crippen molar-refractivity contribution in [3.05, 3.63) is 0 Å². The third-order valence-corrected chi connectivity index (χ3v) is 3.34. The largest absolute Gasteiger partial charge is 0.453 e. The molecule has 0 aromatic rings. The number of hydrogen-bond donors (Lipinski definition) is 0. The van der Waals surface area contributed by atoms with Crippen LogP contribution in [0.3, 0.4) is 0 Å².